The van der Waals surface area contributed by atoms with Crippen LogP contribution in [0.5, 0.6) is 0 Å². The molecule has 1 saturated heterocycles. The molecule has 0 aromatic heterocycles. The summed E-state index contributed by atoms with van der Waals surface area (Å²) in [6.07, 6.45) is 10.5. The Morgan fingerprint density at radius 2 is 2.17 bits per heavy atom. The van der Waals surface area contributed by atoms with Gasteiger partial charge in [0.2, 0.25) is 0 Å². The maximum atomic E-state index is 3.69. The van der Waals surface area contributed by atoms with Crippen molar-refractivity contribution < 1.29 is 0 Å². The molecule has 18 heavy (non-hydrogen) atoms. The second kappa shape index (κ2) is 3.86. The molecule has 0 radical (unpaired) electrons. The quantitative estimate of drug-likeness (QED) is 0.737. The zero-order valence-electron chi connectivity index (χ0n) is 10.7. The minimum absolute atomic E-state index is 0.299. The van der Waals surface area contributed by atoms with E-state index >= 15 is 0 Å². The molecule has 0 unspecified atom stereocenters. The van der Waals surface area contributed by atoms with Crippen molar-refractivity contribution in [2.75, 3.05) is 11.9 Å². The molecule has 4 rings (SSSR count). The third kappa shape index (κ3) is 1.27. The highest BCUT2D eigenvalue weighted by Crippen LogP contribution is 2.52. The molecular formula is C16H20N2. The third-order valence-corrected chi connectivity index (χ3v) is 5.05. The van der Waals surface area contributed by atoms with Gasteiger partial charge in [0.25, 0.3) is 0 Å². The fourth-order valence-electron chi connectivity index (χ4n) is 4.23. The second-order valence-electron chi connectivity index (χ2n) is 5.83. The van der Waals surface area contributed by atoms with Crippen LogP contribution in [0.1, 0.15) is 31.2 Å². The zero-order valence-corrected chi connectivity index (χ0v) is 10.7. The van der Waals surface area contributed by atoms with Gasteiger partial charge in [-0.15, -0.1) is 0 Å². The highest BCUT2D eigenvalue weighted by atomic mass is 15.2. The van der Waals surface area contributed by atoms with Gasteiger partial charge in [-0.2, -0.15) is 0 Å². The summed E-state index contributed by atoms with van der Waals surface area (Å²) >= 11 is 0. The first-order chi connectivity index (χ1) is 8.91. The lowest BCUT2D eigenvalue weighted by Gasteiger charge is -2.37. The highest BCUT2D eigenvalue weighted by Gasteiger charge is 2.53. The van der Waals surface area contributed by atoms with E-state index in [9.17, 15) is 0 Å². The average molecular weight is 240 g/mol. The Morgan fingerprint density at radius 1 is 1.22 bits per heavy atom. The highest BCUT2D eigenvalue weighted by molar-refractivity contribution is 5.63. The zero-order chi connectivity index (χ0) is 12.0. The molecule has 2 heteroatoms. The van der Waals surface area contributed by atoms with Crippen LogP contribution in [-0.4, -0.2) is 12.7 Å². The van der Waals surface area contributed by atoms with Crippen molar-refractivity contribution in [3.05, 3.63) is 42.0 Å². The molecule has 1 aromatic carbocycles. The predicted octanol–water partition coefficient (Wildman–Crippen LogP) is 3.03. The van der Waals surface area contributed by atoms with Crippen molar-refractivity contribution in [1.82, 2.24) is 5.32 Å². The lowest BCUT2D eigenvalue weighted by Crippen LogP contribution is -2.45. The molecule has 2 nitrogen and oxygen atoms in total. The first kappa shape index (κ1) is 10.6. The number of rotatable bonds is 1. The monoisotopic (exact) mass is 240 g/mol. The topological polar surface area (TPSA) is 24.1 Å². The Kier molecular flexibility index (Phi) is 2.28. The second-order valence-corrected chi connectivity index (χ2v) is 5.83. The van der Waals surface area contributed by atoms with Crippen molar-refractivity contribution in [2.45, 2.75) is 37.3 Å². The molecule has 3 aliphatic rings. The fraction of sp³-hybridized carbons (Fsp3) is 0.500. The van der Waals surface area contributed by atoms with Gasteiger partial charge in [-0.25, -0.2) is 0 Å². The molecule has 0 spiro atoms. The number of hydrogen-bond acceptors (Lipinski definition) is 2. The molecule has 1 aliphatic carbocycles. The maximum Gasteiger partial charge on any atom is 0.0874 e. The van der Waals surface area contributed by atoms with E-state index in [1.807, 2.05) is 0 Å². The summed E-state index contributed by atoms with van der Waals surface area (Å²) in [5.41, 5.74) is 3.18. The van der Waals surface area contributed by atoms with Crippen LogP contribution in [0.3, 0.4) is 0 Å². The van der Waals surface area contributed by atoms with Gasteiger partial charge in [-0.3, -0.25) is 5.32 Å². The van der Waals surface area contributed by atoms with Gasteiger partial charge in [-0.1, -0.05) is 30.4 Å². The summed E-state index contributed by atoms with van der Waals surface area (Å²) in [6, 6.07) is 8.88. The van der Waals surface area contributed by atoms with Crippen LogP contribution in [0, 0.1) is 5.92 Å². The Morgan fingerprint density at radius 3 is 3.06 bits per heavy atom. The van der Waals surface area contributed by atoms with E-state index in [-0.39, 0.29) is 0 Å². The summed E-state index contributed by atoms with van der Waals surface area (Å²) in [4.78, 5) is 0. The lowest BCUT2D eigenvalue weighted by atomic mass is 9.66. The fourth-order valence-corrected chi connectivity index (χ4v) is 4.23. The molecule has 2 N–H and O–H groups in total. The Labute approximate surface area is 108 Å². The Bertz CT molecular complexity index is 494. The van der Waals surface area contributed by atoms with Crippen LogP contribution in [-0.2, 0) is 5.41 Å². The van der Waals surface area contributed by atoms with E-state index in [2.05, 4.69) is 47.1 Å². The van der Waals surface area contributed by atoms with Crippen LogP contribution < -0.4 is 10.6 Å². The Hall–Kier alpha value is -1.28. The first-order valence-corrected chi connectivity index (χ1v) is 7.17. The number of anilines is 1. The molecule has 0 saturated carbocycles. The van der Waals surface area contributed by atoms with E-state index in [0.717, 1.165) is 6.54 Å². The average Bonchev–Trinajstić information content (AvgIpc) is 2.96. The summed E-state index contributed by atoms with van der Waals surface area (Å²) in [6.45, 7) is 1.14. The van der Waals surface area contributed by atoms with Crippen molar-refractivity contribution in [1.29, 1.82) is 0 Å². The lowest BCUT2D eigenvalue weighted by molar-refractivity contribution is 0.286. The van der Waals surface area contributed by atoms with Crippen molar-refractivity contribution in [3.63, 3.8) is 0 Å². The summed E-state index contributed by atoms with van der Waals surface area (Å²) in [7, 11) is 0. The van der Waals surface area contributed by atoms with E-state index in [1.54, 1.807) is 0 Å². The molecule has 2 aliphatic heterocycles. The molecule has 1 fully saturated rings. The molecular weight excluding hydrogens is 220 g/mol. The SMILES string of the molecule is C1=C[C@@H]([C@]23CCN[C@H]2Nc2ccccc23)CCC1. The number of allylic oxidation sites excluding steroid dienone is 2. The maximum absolute atomic E-state index is 3.69. The number of benzene rings is 1. The molecule has 94 valence electrons. The van der Waals surface area contributed by atoms with Gasteiger partial charge in [0.05, 0.1) is 6.17 Å². The number of nitrogens with one attached hydrogen (secondary N) is 2. The minimum atomic E-state index is 0.299. The van der Waals surface area contributed by atoms with Gasteiger partial charge < -0.3 is 5.32 Å². The van der Waals surface area contributed by atoms with Gasteiger partial charge in [-0.05, 0) is 49.8 Å². The van der Waals surface area contributed by atoms with Crippen LogP contribution in [0.15, 0.2) is 36.4 Å². The van der Waals surface area contributed by atoms with Crippen molar-refractivity contribution in [3.8, 4) is 0 Å². The molecule has 0 amide bonds. The van der Waals surface area contributed by atoms with Crippen LogP contribution in [0.4, 0.5) is 5.69 Å². The standard InChI is InChI=1S/C16H20N2/c1-2-6-12(7-3-1)16-10-11-17-15(16)18-14-9-5-4-8-13(14)16/h2,4-6,8-9,12,15,17-18H,1,3,7,10-11H2/t12-,15+,16+/m1/s1. The molecule has 0 bridgehead atoms. The smallest absolute Gasteiger partial charge is 0.0874 e. The third-order valence-electron chi connectivity index (χ3n) is 5.05. The van der Waals surface area contributed by atoms with E-state index in [0.29, 0.717) is 17.5 Å². The summed E-state index contributed by atoms with van der Waals surface area (Å²) < 4.78 is 0. The van der Waals surface area contributed by atoms with Crippen molar-refractivity contribution in [2.24, 2.45) is 5.92 Å². The molecule has 2 heterocycles. The van der Waals surface area contributed by atoms with E-state index in [1.165, 1.54) is 36.9 Å². The normalized spacial score (nSPS) is 37.1. The van der Waals surface area contributed by atoms with Gasteiger partial charge in [0, 0.05) is 11.1 Å². The number of fused-ring (bicyclic) bond motifs is 3. The predicted molar refractivity (Wildman–Crippen MR) is 74.6 cm³/mol. The van der Waals surface area contributed by atoms with Crippen LogP contribution in [0.25, 0.3) is 0 Å². The van der Waals surface area contributed by atoms with Gasteiger partial charge >= 0.3 is 0 Å². The molecule has 1 aromatic rings. The van der Waals surface area contributed by atoms with Crippen LogP contribution in [0.2, 0.25) is 0 Å². The summed E-state index contributed by atoms with van der Waals surface area (Å²) in [5, 5.41) is 7.35. The number of para-hydroxylation sites is 1. The van der Waals surface area contributed by atoms with E-state index < -0.39 is 0 Å². The van der Waals surface area contributed by atoms with Gasteiger partial charge in [0.1, 0.15) is 0 Å². The largest absolute Gasteiger partial charge is 0.369 e. The van der Waals surface area contributed by atoms with Gasteiger partial charge in [0.15, 0.2) is 0 Å². The minimum Gasteiger partial charge on any atom is -0.369 e. The van der Waals surface area contributed by atoms with Crippen LogP contribution >= 0.6 is 0 Å². The van der Waals surface area contributed by atoms with Crippen molar-refractivity contribution >= 4 is 5.69 Å². The molecule has 3 atom stereocenters. The first-order valence-electron chi connectivity index (χ1n) is 7.17. The number of hydrogen-bond donors (Lipinski definition) is 2. The van der Waals surface area contributed by atoms with E-state index in [4.69, 9.17) is 0 Å². The summed E-state index contributed by atoms with van der Waals surface area (Å²) in [5.74, 6) is 0.697. The Balaban J connectivity index is 1.85.